The molecular weight excluding hydrogens is 406 g/mol. The highest BCUT2D eigenvalue weighted by Crippen LogP contribution is 2.19. The summed E-state index contributed by atoms with van der Waals surface area (Å²) in [4.78, 5) is 24.2. The first kappa shape index (κ1) is 23.2. The van der Waals surface area contributed by atoms with Crippen molar-refractivity contribution in [3.05, 3.63) is 63.4 Å². The van der Waals surface area contributed by atoms with Crippen molar-refractivity contribution in [2.45, 2.75) is 26.9 Å². The third-order valence-corrected chi connectivity index (χ3v) is 4.91. The molecule has 0 spiro atoms. The average Bonchev–Trinajstić information content (AvgIpc) is 3.00. The van der Waals surface area contributed by atoms with Crippen LogP contribution in [0, 0.1) is 25.2 Å². The van der Waals surface area contributed by atoms with E-state index in [0.717, 1.165) is 22.5 Å². The second-order valence-corrected chi connectivity index (χ2v) is 6.99. The Morgan fingerprint density at radius 2 is 2.03 bits per heavy atom. The molecule has 8 heteroatoms. The standard InChI is InChI=1S/C22H24ClN3O4/c1-15-10-18(16(2)26(15)8-9-29-3)11-19(12-24)22(28)30-14-21(27)25-13-17-6-4-5-7-20(17)23/h4-7,10-11H,8-9,13-14H2,1-3H3,(H,25,27)/b19-11+. The second-order valence-electron chi connectivity index (χ2n) is 6.58. The Kier molecular flexibility index (Phi) is 8.66. The third kappa shape index (κ3) is 6.21. The molecule has 2 aromatic rings. The number of esters is 1. The molecule has 1 amide bonds. The molecule has 30 heavy (non-hydrogen) atoms. The molecule has 158 valence electrons. The Labute approximate surface area is 180 Å². The average molecular weight is 430 g/mol. The van der Waals surface area contributed by atoms with Crippen LogP contribution in [0.3, 0.4) is 0 Å². The van der Waals surface area contributed by atoms with Crippen LogP contribution in [-0.2, 0) is 32.2 Å². The number of benzene rings is 1. The molecule has 0 saturated heterocycles. The van der Waals surface area contributed by atoms with Crippen molar-refractivity contribution in [1.29, 1.82) is 5.26 Å². The van der Waals surface area contributed by atoms with E-state index in [9.17, 15) is 14.9 Å². The molecular formula is C22H24ClN3O4. The van der Waals surface area contributed by atoms with Gasteiger partial charge in [-0.3, -0.25) is 4.79 Å². The molecule has 0 aliphatic carbocycles. The molecule has 0 saturated carbocycles. The maximum absolute atomic E-state index is 12.2. The number of hydrogen-bond donors (Lipinski definition) is 1. The van der Waals surface area contributed by atoms with E-state index in [2.05, 4.69) is 5.32 Å². The van der Waals surface area contributed by atoms with E-state index in [4.69, 9.17) is 21.1 Å². The first-order chi connectivity index (χ1) is 14.4. The van der Waals surface area contributed by atoms with Gasteiger partial charge in [-0.15, -0.1) is 0 Å². The molecule has 0 aliphatic rings. The summed E-state index contributed by atoms with van der Waals surface area (Å²) in [6.07, 6.45) is 1.47. The second kappa shape index (κ2) is 11.2. The van der Waals surface area contributed by atoms with Crippen LogP contribution in [0.5, 0.6) is 0 Å². The lowest BCUT2D eigenvalue weighted by atomic mass is 10.1. The highest BCUT2D eigenvalue weighted by molar-refractivity contribution is 6.31. The Morgan fingerprint density at radius 3 is 2.70 bits per heavy atom. The first-order valence-corrected chi connectivity index (χ1v) is 9.69. The number of nitriles is 1. The van der Waals surface area contributed by atoms with Crippen molar-refractivity contribution < 1.29 is 19.1 Å². The highest BCUT2D eigenvalue weighted by atomic mass is 35.5. The van der Waals surface area contributed by atoms with Crippen molar-refractivity contribution in [3.63, 3.8) is 0 Å². The molecule has 0 radical (unpaired) electrons. The van der Waals surface area contributed by atoms with Crippen LogP contribution in [0.1, 0.15) is 22.5 Å². The minimum atomic E-state index is -0.855. The number of halogens is 1. The molecule has 1 aromatic carbocycles. The van der Waals surface area contributed by atoms with Crippen LogP contribution in [0.25, 0.3) is 6.08 Å². The summed E-state index contributed by atoms with van der Waals surface area (Å²) in [5.74, 6) is -1.34. The molecule has 0 aliphatic heterocycles. The number of aryl methyl sites for hydroxylation is 1. The molecule has 7 nitrogen and oxygen atoms in total. The zero-order valence-electron chi connectivity index (χ0n) is 17.2. The zero-order chi connectivity index (χ0) is 22.1. The van der Waals surface area contributed by atoms with Crippen LogP contribution < -0.4 is 5.32 Å². The topological polar surface area (TPSA) is 93.3 Å². The van der Waals surface area contributed by atoms with E-state index < -0.39 is 18.5 Å². The molecule has 1 N–H and O–H groups in total. The molecule has 1 aromatic heterocycles. The Bertz CT molecular complexity index is 989. The van der Waals surface area contributed by atoms with E-state index in [1.807, 2.05) is 36.6 Å². The SMILES string of the molecule is COCCn1c(C)cc(/C=C(\C#N)C(=O)OCC(=O)NCc2ccccc2Cl)c1C. The Hall–Kier alpha value is -3.08. The van der Waals surface area contributed by atoms with Crippen molar-refractivity contribution >= 4 is 29.6 Å². The third-order valence-electron chi connectivity index (χ3n) is 4.54. The predicted molar refractivity (Wildman–Crippen MR) is 114 cm³/mol. The van der Waals surface area contributed by atoms with E-state index in [0.29, 0.717) is 18.2 Å². The molecule has 0 atom stereocenters. The van der Waals surface area contributed by atoms with Crippen LogP contribution >= 0.6 is 11.6 Å². The van der Waals surface area contributed by atoms with Gasteiger partial charge in [0.05, 0.1) is 6.61 Å². The molecule has 0 unspecified atom stereocenters. The molecule has 0 bridgehead atoms. The molecule has 2 rings (SSSR count). The van der Waals surface area contributed by atoms with Gasteiger partial charge in [-0.05, 0) is 43.2 Å². The smallest absolute Gasteiger partial charge is 0.349 e. The molecule has 1 heterocycles. The monoisotopic (exact) mass is 429 g/mol. The number of nitrogens with zero attached hydrogens (tertiary/aromatic N) is 2. The normalized spacial score (nSPS) is 11.1. The van der Waals surface area contributed by atoms with E-state index in [1.165, 1.54) is 6.08 Å². The summed E-state index contributed by atoms with van der Waals surface area (Å²) in [5, 5.41) is 12.5. The quantitative estimate of drug-likeness (QED) is 0.375. The number of carbonyl (C=O) groups excluding carboxylic acids is 2. The van der Waals surface area contributed by atoms with Gasteiger partial charge in [-0.25, -0.2) is 4.79 Å². The van der Waals surface area contributed by atoms with Crippen molar-refractivity contribution in [2.24, 2.45) is 0 Å². The number of amides is 1. The fourth-order valence-electron chi connectivity index (χ4n) is 2.89. The maximum atomic E-state index is 12.2. The zero-order valence-corrected chi connectivity index (χ0v) is 18.0. The predicted octanol–water partition coefficient (Wildman–Crippen LogP) is 3.17. The molecule has 0 fully saturated rings. The number of methoxy groups -OCH3 is 1. The van der Waals surface area contributed by atoms with Crippen LogP contribution in [0.15, 0.2) is 35.9 Å². The fourth-order valence-corrected chi connectivity index (χ4v) is 3.09. The lowest BCUT2D eigenvalue weighted by molar-refractivity contribution is -0.144. The summed E-state index contributed by atoms with van der Waals surface area (Å²) in [6, 6.07) is 10.8. The fraction of sp³-hybridized carbons (Fsp3) is 0.318. The van der Waals surface area contributed by atoms with Crippen LogP contribution in [-0.4, -0.2) is 36.8 Å². The number of aromatic nitrogens is 1. The van der Waals surface area contributed by atoms with Gasteiger partial charge in [0, 0.05) is 36.6 Å². The Balaban J connectivity index is 1.97. The number of carbonyl (C=O) groups is 2. The summed E-state index contributed by atoms with van der Waals surface area (Å²) in [5.41, 5.74) is 3.20. The van der Waals surface area contributed by atoms with E-state index in [1.54, 1.807) is 25.3 Å². The van der Waals surface area contributed by atoms with Crippen molar-refractivity contribution in [2.75, 3.05) is 20.3 Å². The van der Waals surface area contributed by atoms with Gasteiger partial charge in [-0.1, -0.05) is 29.8 Å². The van der Waals surface area contributed by atoms with Gasteiger partial charge in [0.1, 0.15) is 11.6 Å². The van der Waals surface area contributed by atoms with Gasteiger partial charge < -0.3 is 19.4 Å². The van der Waals surface area contributed by atoms with Gasteiger partial charge in [0.25, 0.3) is 5.91 Å². The summed E-state index contributed by atoms with van der Waals surface area (Å²) >= 11 is 6.04. The highest BCUT2D eigenvalue weighted by Gasteiger charge is 2.15. The van der Waals surface area contributed by atoms with Gasteiger partial charge in [0.2, 0.25) is 0 Å². The minimum absolute atomic E-state index is 0.180. The van der Waals surface area contributed by atoms with Gasteiger partial charge in [-0.2, -0.15) is 5.26 Å². The van der Waals surface area contributed by atoms with Crippen molar-refractivity contribution in [1.82, 2.24) is 9.88 Å². The van der Waals surface area contributed by atoms with Gasteiger partial charge in [0.15, 0.2) is 6.61 Å². The largest absolute Gasteiger partial charge is 0.451 e. The van der Waals surface area contributed by atoms with Crippen molar-refractivity contribution in [3.8, 4) is 6.07 Å². The number of rotatable bonds is 9. The summed E-state index contributed by atoms with van der Waals surface area (Å²) < 4.78 is 12.1. The van der Waals surface area contributed by atoms with E-state index >= 15 is 0 Å². The van der Waals surface area contributed by atoms with Crippen LogP contribution in [0.4, 0.5) is 0 Å². The Morgan fingerprint density at radius 1 is 1.30 bits per heavy atom. The first-order valence-electron chi connectivity index (χ1n) is 9.32. The number of nitrogens with one attached hydrogen (secondary N) is 1. The number of ether oxygens (including phenoxy) is 2. The maximum Gasteiger partial charge on any atom is 0.349 e. The minimum Gasteiger partial charge on any atom is -0.451 e. The van der Waals surface area contributed by atoms with E-state index in [-0.39, 0.29) is 12.1 Å². The summed E-state index contributed by atoms with van der Waals surface area (Å²) in [6.45, 7) is 4.78. The van der Waals surface area contributed by atoms with Gasteiger partial charge >= 0.3 is 5.97 Å². The lowest BCUT2D eigenvalue weighted by Gasteiger charge is -2.08. The van der Waals surface area contributed by atoms with Crippen LogP contribution in [0.2, 0.25) is 5.02 Å². The lowest BCUT2D eigenvalue weighted by Crippen LogP contribution is -2.28. The number of hydrogen-bond acceptors (Lipinski definition) is 5. The summed E-state index contributed by atoms with van der Waals surface area (Å²) in [7, 11) is 1.63.